The van der Waals surface area contributed by atoms with Crippen molar-refractivity contribution in [2.75, 3.05) is 26.7 Å². The minimum atomic E-state index is 0.671. The molecule has 1 unspecified atom stereocenters. The van der Waals surface area contributed by atoms with E-state index in [1.54, 1.807) is 7.11 Å². The van der Waals surface area contributed by atoms with Gasteiger partial charge in [-0.15, -0.1) is 0 Å². The number of methoxy groups -OCH3 is 1. The normalized spacial score (nSPS) is 19.1. The summed E-state index contributed by atoms with van der Waals surface area (Å²) in [4.78, 5) is 2.59. The monoisotopic (exact) mass is 262 g/mol. The van der Waals surface area contributed by atoms with Crippen LogP contribution in [0.1, 0.15) is 30.9 Å². The van der Waals surface area contributed by atoms with E-state index >= 15 is 0 Å². The van der Waals surface area contributed by atoms with Gasteiger partial charge in [-0.3, -0.25) is 4.90 Å². The summed E-state index contributed by atoms with van der Waals surface area (Å²) in [5.41, 5.74) is 2.61. The van der Waals surface area contributed by atoms with E-state index in [1.807, 2.05) is 0 Å². The van der Waals surface area contributed by atoms with E-state index in [9.17, 15) is 0 Å². The Bertz CT molecular complexity index is 400. The molecule has 19 heavy (non-hydrogen) atoms. The van der Waals surface area contributed by atoms with Crippen molar-refractivity contribution in [2.45, 2.75) is 39.3 Å². The van der Waals surface area contributed by atoms with Gasteiger partial charge in [-0.05, 0) is 38.9 Å². The molecule has 1 fully saturated rings. The van der Waals surface area contributed by atoms with E-state index in [2.05, 4.69) is 42.3 Å². The molecule has 1 heterocycles. The Labute approximate surface area is 116 Å². The third kappa shape index (κ3) is 3.71. The third-order valence-corrected chi connectivity index (χ3v) is 3.87. The van der Waals surface area contributed by atoms with Crippen molar-refractivity contribution in [2.24, 2.45) is 0 Å². The van der Waals surface area contributed by atoms with E-state index in [0.717, 1.165) is 31.9 Å². The highest BCUT2D eigenvalue weighted by atomic mass is 16.5. The zero-order valence-electron chi connectivity index (χ0n) is 12.4. The van der Waals surface area contributed by atoms with Crippen LogP contribution >= 0.6 is 0 Å². The summed E-state index contributed by atoms with van der Waals surface area (Å²) in [6.07, 6.45) is 2.46. The van der Waals surface area contributed by atoms with Crippen LogP contribution in [-0.4, -0.2) is 37.7 Å². The maximum Gasteiger partial charge on any atom is 0.123 e. The molecule has 3 nitrogen and oxygen atoms in total. The molecule has 1 aliphatic heterocycles. The molecule has 1 aliphatic rings. The van der Waals surface area contributed by atoms with E-state index < -0.39 is 0 Å². The molecule has 1 saturated heterocycles. The van der Waals surface area contributed by atoms with Crippen LogP contribution in [0.25, 0.3) is 0 Å². The second-order valence-corrected chi connectivity index (χ2v) is 5.43. The van der Waals surface area contributed by atoms with Crippen LogP contribution in [0.5, 0.6) is 5.75 Å². The van der Waals surface area contributed by atoms with Crippen LogP contribution in [-0.2, 0) is 6.54 Å². The van der Waals surface area contributed by atoms with E-state index in [0.29, 0.717) is 6.04 Å². The van der Waals surface area contributed by atoms with Crippen LogP contribution in [0.15, 0.2) is 18.2 Å². The molecule has 1 N–H and O–H groups in total. The van der Waals surface area contributed by atoms with Crippen molar-refractivity contribution in [1.29, 1.82) is 0 Å². The van der Waals surface area contributed by atoms with Gasteiger partial charge in [0.2, 0.25) is 0 Å². The highest BCUT2D eigenvalue weighted by Crippen LogP contribution is 2.23. The van der Waals surface area contributed by atoms with Crippen LogP contribution in [0.3, 0.4) is 0 Å². The Morgan fingerprint density at radius 2 is 2.26 bits per heavy atom. The van der Waals surface area contributed by atoms with Crippen molar-refractivity contribution >= 4 is 0 Å². The highest BCUT2D eigenvalue weighted by Gasteiger charge is 2.22. The number of nitrogens with zero attached hydrogens (tertiary/aromatic N) is 1. The summed E-state index contributed by atoms with van der Waals surface area (Å²) in [5.74, 6) is 1.01. The molecular formula is C16H26N2O. The van der Waals surface area contributed by atoms with Gasteiger partial charge in [-0.2, -0.15) is 0 Å². The van der Waals surface area contributed by atoms with Crippen molar-refractivity contribution in [3.05, 3.63) is 29.3 Å². The second-order valence-electron chi connectivity index (χ2n) is 5.43. The molecule has 106 valence electrons. The minimum Gasteiger partial charge on any atom is -0.496 e. The molecule has 3 heteroatoms. The summed E-state index contributed by atoms with van der Waals surface area (Å²) in [6.45, 7) is 8.81. The molecule has 1 aromatic rings. The number of rotatable bonds is 6. The Morgan fingerprint density at radius 3 is 2.89 bits per heavy atom. The summed E-state index contributed by atoms with van der Waals surface area (Å²) in [5, 5.41) is 3.46. The number of hydrogen-bond acceptors (Lipinski definition) is 3. The molecule has 2 rings (SSSR count). The van der Waals surface area contributed by atoms with Gasteiger partial charge >= 0.3 is 0 Å². The molecule has 1 atom stereocenters. The summed E-state index contributed by atoms with van der Waals surface area (Å²) in [7, 11) is 1.76. The first-order valence-electron chi connectivity index (χ1n) is 7.33. The zero-order chi connectivity index (χ0) is 13.7. The first-order chi connectivity index (χ1) is 9.24. The Kier molecular flexibility index (Phi) is 5.23. The van der Waals surface area contributed by atoms with Crippen molar-refractivity contribution in [1.82, 2.24) is 10.2 Å². The average Bonchev–Trinajstić information content (AvgIpc) is 2.92. The maximum absolute atomic E-state index is 5.50. The predicted molar refractivity (Wildman–Crippen MR) is 79.7 cm³/mol. The number of nitrogens with one attached hydrogen (secondary N) is 1. The molecule has 0 aromatic heterocycles. The second kappa shape index (κ2) is 6.92. The first-order valence-corrected chi connectivity index (χ1v) is 7.33. The number of benzene rings is 1. The lowest BCUT2D eigenvalue weighted by molar-refractivity contribution is 0.197. The summed E-state index contributed by atoms with van der Waals surface area (Å²) in [6, 6.07) is 7.13. The molecule has 0 spiro atoms. The van der Waals surface area contributed by atoms with Gasteiger partial charge in [0.1, 0.15) is 5.75 Å². The standard InChI is InChI=1S/C16H26N2O/c1-4-9-18(15-7-8-17-11-15)12-14-10-13(2)5-6-16(14)19-3/h5-6,10,15,17H,4,7-9,11-12H2,1-3H3. The molecular weight excluding hydrogens is 236 g/mol. The molecule has 0 amide bonds. The third-order valence-electron chi connectivity index (χ3n) is 3.87. The molecule has 0 radical (unpaired) electrons. The Morgan fingerprint density at radius 1 is 1.42 bits per heavy atom. The van der Waals surface area contributed by atoms with Gasteiger partial charge in [0.15, 0.2) is 0 Å². The lowest BCUT2D eigenvalue weighted by atomic mass is 10.1. The van der Waals surface area contributed by atoms with Gasteiger partial charge in [-0.25, -0.2) is 0 Å². The van der Waals surface area contributed by atoms with Crippen molar-refractivity contribution in [3.8, 4) is 5.75 Å². The SMILES string of the molecule is CCCN(Cc1cc(C)ccc1OC)C1CCNC1. The highest BCUT2D eigenvalue weighted by molar-refractivity contribution is 5.36. The fraction of sp³-hybridized carbons (Fsp3) is 0.625. The first kappa shape index (κ1) is 14.4. The summed E-state index contributed by atoms with van der Waals surface area (Å²) < 4.78 is 5.50. The lowest BCUT2D eigenvalue weighted by Crippen LogP contribution is -2.37. The van der Waals surface area contributed by atoms with Crippen LogP contribution in [0.2, 0.25) is 0 Å². The van der Waals surface area contributed by atoms with Crippen LogP contribution in [0.4, 0.5) is 0 Å². The van der Waals surface area contributed by atoms with E-state index in [1.165, 1.54) is 24.0 Å². The summed E-state index contributed by atoms with van der Waals surface area (Å²) >= 11 is 0. The quantitative estimate of drug-likeness (QED) is 0.853. The van der Waals surface area contributed by atoms with Gasteiger partial charge in [0, 0.05) is 24.7 Å². The molecule has 0 aliphatic carbocycles. The fourth-order valence-corrected chi connectivity index (χ4v) is 2.88. The fourth-order valence-electron chi connectivity index (χ4n) is 2.88. The number of aryl methyl sites for hydroxylation is 1. The van der Waals surface area contributed by atoms with Gasteiger partial charge < -0.3 is 10.1 Å². The topological polar surface area (TPSA) is 24.5 Å². The Hall–Kier alpha value is -1.06. The zero-order valence-corrected chi connectivity index (χ0v) is 12.4. The maximum atomic E-state index is 5.50. The van der Waals surface area contributed by atoms with Crippen LogP contribution in [0, 0.1) is 6.92 Å². The Balaban J connectivity index is 2.13. The minimum absolute atomic E-state index is 0.671. The van der Waals surface area contributed by atoms with Crippen molar-refractivity contribution < 1.29 is 4.74 Å². The average molecular weight is 262 g/mol. The smallest absolute Gasteiger partial charge is 0.123 e. The predicted octanol–water partition coefficient (Wildman–Crippen LogP) is 2.58. The van der Waals surface area contributed by atoms with Gasteiger partial charge in [-0.1, -0.05) is 24.6 Å². The van der Waals surface area contributed by atoms with Gasteiger partial charge in [0.25, 0.3) is 0 Å². The number of ether oxygens (including phenoxy) is 1. The van der Waals surface area contributed by atoms with E-state index in [-0.39, 0.29) is 0 Å². The largest absolute Gasteiger partial charge is 0.496 e. The molecule has 0 bridgehead atoms. The number of hydrogen-bond donors (Lipinski definition) is 1. The molecule has 1 aromatic carbocycles. The van der Waals surface area contributed by atoms with E-state index in [4.69, 9.17) is 4.74 Å². The van der Waals surface area contributed by atoms with Crippen LogP contribution < -0.4 is 10.1 Å². The van der Waals surface area contributed by atoms with Crippen molar-refractivity contribution in [3.63, 3.8) is 0 Å². The lowest BCUT2D eigenvalue weighted by Gasteiger charge is -2.28. The molecule has 0 saturated carbocycles. The van der Waals surface area contributed by atoms with Gasteiger partial charge in [0.05, 0.1) is 7.11 Å².